The van der Waals surface area contributed by atoms with Crippen LogP contribution in [0.3, 0.4) is 0 Å². The normalized spacial score (nSPS) is 18.6. The summed E-state index contributed by atoms with van der Waals surface area (Å²) in [6.45, 7) is 1.97. The van der Waals surface area contributed by atoms with Gasteiger partial charge in [-0.1, -0.05) is 37.0 Å². The number of aryl methyl sites for hydroxylation is 1. The third-order valence-corrected chi connectivity index (χ3v) is 3.36. The first-order valence-corrected chi connectivity index (χ1v) is 5.68. The van der Waals surface area contributed by atoms with E-state index in [4.69, 9.17) is 5.73 Å². The molecule has 2 N–H and O–H groups in total. The number of hydrogen-bond acceptors (Lipinski definition) is 1. The van der Waals surface area contributed by atoms with Gasteiger partial charge in [-0.05, 0) is 25.3 Å². The molecule has 1 atom stereocenters. The molecule has 0 heterocycles. The average molecular weight is 207 g/mol. The summed E-state index contributed by atoms with van der Waals surface area (Å²) in [6, 6.07) is 5.05. The van der Waals surface area contributed by atoms with Gasteiger partial charge in [-0.2, -0.15) is 0 Å². The molecule has 1 nitrogen and oxygen atoms in total. The van der Waals surface area contributed by atoms with E-state index in [2.05, 4.69) is 0 Å². The highest BCUT2D eigenvalue weighted by atomic mass is 19.1. The summed E-state index contributed by atoms with van der Waals surface area (Å²) in [5.74, 6) is 0.562. The van der Waals surface area contributed by atoms with E-state index < -0.39 is 0 Å². The Hall–Kier alpha value is -0.890. The monoisotopic (exact) mass is 207 g/mol. The third kappa shape index (κ3) is 2.37. The molecule has 0 bridgehead atoms. The van der Waals surface area contributed by atoms with Crippen molar-refractivity contribution in [2.24, 2.45) is 11.7 Å². The van der Waals surface area contributed by atoms with E-state index in [1.807, 2.05) is 13.0 Å². The Labute approximate surface area is 90.5 Å². The molecule has 0 amide bonds. The van der Waals surface area contributed by atoms with Crippen LogP contribution in [0, 0.1) is 18.7 Å². The highest BCUT2D eigenvalue weighted by Crippen LogP contribution is 2.34. The number of rotatable bonds is 3. The summed E-state index contributed by atoms with van der Waals surface area (Å²) in [6.07, 6.45) is 4.77. The Morgan fingerprint density at radius 2 is 2.20 bits per heavy atom. The van der Waals surface area contributed by atoms with Crippen LogP contribution in [0.5, 0.6) is 0 Å². The minimum atomic E-state index is -0.160. The predicted molar refractivity (Wildman–Crippen MR) is 60.0 cm³/mol. The first-order valence-electron chi connectivity index (χ1n) is 5.68. The highest BCUT2D eigenvalue weighted by molar-refractivity contribution is 5.26. The standard InChI is InChI=1S/C13H18FN/c1-9-5-6-12(14)11(7-9)13(15)8-10-3-2-4-10/h5-7,10,13H,2-4,8,15H2,1H3. The first kappa shape index (κ1) is 10.6. The van der Waals surface area contributed by atoms with Gasteiger partial charge in [-0.25, -0.2) is 4.39 Å². The molecule has 1 aliphatic rings. The van der Waals surface area contributed by atoms with Crippen molar-refractivity contribution in [2.45, 2.75) is 38.6 Å². The van der Waals surface area contributed by atoms with Gasteiger partial charge in [0, 0.05) is 11.6 Å². The highest BCUT2D eigenvalue weighted by Gasteiger charge is 2.22. The number of benzene rings is 1. The van der Waals surface area contributed by atoms with Crippen molar-refractivity contribution < 1.29 is 4.39 Å². The molecule has 1 saturated carbocycles. The molecule has 1 aliphatic carbocycles. The molecule has 0 aliphatic heterocycles. The van der Waals surface area contributed by atoms with Crippen molar-refractivity contribution >= 4 is 0 Å². The van der Waals surface area contributed by atoms with E-state index in [1.165, 1.54) is 25.3 Å². The van der Waals surface area contributed by atoms with Crippen molar-refractivity contribution in [3.63, 3.8) is 0 Å². The Morgan fingerprint density at radius 1 is 1.47 bits per heavy atom. The minimum absolute atomic E-state index is 0.129. The fourth-order valence-corrected chi connectivity index (χ4v) is 2.16. The molecular formula is C13H18FN. The summed E-state index contributed by atoms with van der Waals surface area (Å²) in [5, 5.41) is 0. The van der Waals surface area contributed by atoms with Gasteiger partial charge in [-0.3, -0.25) is 0 Å². The van der Waals surface area contributed by atoms with Crippen LogP contribution in [0.1, 0.15) is 42.9 Å². The van der Waals surface area contributed by atoms with Crippen molar-refractivity contribution in [2.75, 3.05) is 0 Å². The van der Waals surface area contributed by atoms with Crippen molar-refractivity contribution in [3.8, 4) is 0 Å². The van der Waals surface area contributed by atoms with Gasteiger partial charge in [0.15, 0.2) is 0 Å². The summed E-state index contributed by atoms with van der Waals surface area (Å²) in [5.41, 5.74) is 7.80. The zero-order valence-electron chi connectivity index (χ0n) is 9.17. The van der Waals surface area contributed by atoms with Crippen LogP contribution in [0.15, 0.2) is 18.2 Å². The van der Waals surface area contributed by atoms with Gasteiger partial charge in [0.1, 0.15) is 5.82 Å². The Kier molecular flexibility index (Phi) is 3.06. The molecule has 82 valence electrons. The molecule has 1 aromatic carbocycles. The number of nitrogens with two attached hydrogens (primary N) is 1. The van der Waals surface area contributed by atoms with Gasteiger partial charge in [0.2, 0.25) is 0 Å². The maximum absolute atomic E-state index is 13.5. The van der Waals surface area contributed by atoms with Gasteiger partial charge >= 0.3 is 0 Å². The molecule has 0 aromatic heterocycles. The summed E-state index contributed by atoms with van der Waals surface area (Å²) in [7, 11) is 0. The molecule has 0 saturated heterocycles. The third-order valence-electron chi connectivity index (χ3n) is 3.36. The van der Waals surface area contributed by atoms with E-state index in [0.29, 0.717) is 5.56 Å². The average Bonchev–Trinajstić information content (AvgIpc) is 2.15. The van der Waals surface area contributed by atoms with Crippen LogP contribution in [-0.4, -0.2) is 0 Å². The molecule has 1 unspecified atom stereocenters. The predicted octanol–water partition coefficient (Wildman–Crippen LogP) is 3.32. The van der Waals surface area contributed by atoms with Crippen LogP contribution < -0.4 is 5.73 Å². The lowest BCUT2D eigenvalue weighted by Gasteiger charge is -2.28. The summed E-state index contributed by atoms with van der Waals surface area (Å²) >= 11 is 0. The van der Waals surface area contributed by atoms with E-state index >= 15 is 0 Å². The maximum atomic E-state index is 13.5. The molecule has 15 heavy (non-hydrogen) atoms. The van der Waals surface area contributed by atoms with Crippen LogP contribution in [0.25, 0.3) is 0 Å². The molecule has 2 rings (SSSR count). The summed E-state index contributed by atoms with van der Waals surface area (Å²) in [4.78, 5) is 0. The Balaban J connectivity index is 2.09. The Morgan fingerprint density at radius 3 is 2.80 bits per heavy atom. The van der Waals surface area contributed by atoms with E-state index in [9.17, 15) is 4.39 Å². The number of hydrogen-bond donors (Lipinski definition) is 1. The van der Waals surface area contributed by atoms with Crippen LogP contribution in [0.4, 0.5) is 4.39 Å². The van der Waals surface area contributed by atoms with E-state index in [1.54, 1.807) is 6.07 Å². The van der Waals surface area contributed by atoms with E-state index in [-0.39, 0.29) is 11.9 Å². The van der Waals surface area contributed by atoms with Gasteiger partial charge in [0.05, 0.1) is 0 Å². The first-order chi connectivity index (χ1) is 7.16. The minimum Gasteiger partial charge on any atom is -0.324 e. The van der Waals surface area contributed by atoms with Crippen molar-refractivity contribution in [3.05, 3.63) is 35.1 Å². The fraction of sp³-hybridized carbons (Fsp3) is 0.538. The van der Waals surface area contributed by atoms with Crippen molar-refractivity contribution in [1.82, 2.24) is 0 Å². The Bertz CT molecular complexity index is 344. The number of halogens is 1. The molecule has 0 spiro atoms. The smallest absolute Gasteiger partial charge is 0.127 e. The SMILES string of the molecule is Cc1ccc(F)c(C(N)CC2CCC2)c1. The zero-order chi connectivity index (χ0) is 10.8. The van der Waals surface area contributed by atoms with Gasteiger partial charge in [0.25, 0.3) is 0 Å². The molecule has 0 radical (unpaired) electrons. The largest absolute Gasteiger partial charge is 0.324 e. The van der Waals surface area contributed by atoms with Gasteiger partial charge < -0.3 is 5.73 Å². The molecule has 1 aromatic rings. The molecule has 1 fully saturated rings. The van der Waals surface area contributed by atoms with Crippen LogP contribution in [0.2, 0.25) is 0 Å². The lowest BCUT2D eigenvalue weighted by atomic mass is 9.79. The second-order valence-corrected chi connectivity index (χ2v) is 4.66. The van der Waals surface area contributed by atoms with Crippen molar-refractivity contribution in [1.29, 1.82) is 0 Å². The zero-order valence-corrected chi connectivity index (χ0v) is 9.17. The lowest BCUT2D eigenvalue weighted by Crippen LogP contribution is -2.21. The van der Waals surface area contributed by atoms with Crippen LogP contribution >= 0.6 is 0 Å². The van der Waals surface area contributed by atoms with Crippen LogP contribution in [-0.2, 0) is 0 Å². The lowest BCUT2D eigenvalue weighted by molar-refractivity contribution is 0.275. The fourth-order valence-electron chi connectivity index (χ4n) is 2.16. The second-order valence-electron chi connectivity index (χ2n) is 4.66. The summed E-state index contributed by atoms with van der Waals surface area (Å²) < 4.78 is 13.5. The molecular weight excluding hydrogens is 189 g/mol. The van der Waals surface area contributed by atoms with E-state index in [0.717, 1.165) is 17.9 Å². The second kappa shape index (κ2) is 4.31. The maximum Gasteiger partial charge on any atom is 0.127 e. The molecule has 2 heteroatoms. The van der Waals surface area contributed by atoms with Gasteiger partial charge in [-0.15, -0.1) is 0 Å². The quantitative estimate of drug-likeness (QED) is 0.808. The topological polar surface area (TPSA) is 26.0 Å².